The average Bonchev–Trinajstić information content (AvgIpc) is 3.40. The first kappa shape index (κ1) is 19.4. The van der Waals surface area contributed by atoms with Crippen LogP contribution in [-0.2, 0) is 10.0 Å². The van der Waals surface area contributed by atoms with Crippen LogP contribution in [0.15, 0.2) is 78.0 Å². The van der Waals surface area contributed by atoms with Crippen LogP contribution in [0.1, 0.15) is 0 Å². The van der Waals surface area contributed by atoms with Crippen LogP contribution in [0.4, 0.5) is 0 Å². The third kappa shape index (κ3) is 3.70. The SMILES string of the molecule is NS(=O)(=O)c1cccc(-c2cc(-c3cnn4ccc(-c5ccc(Cl)cc5)nc34)[nH]n2)c1. The number of nitrogens with one attached hydrogen (secondary N) is 1. The number of aromatic amines is 1. The van der Waals surface area contributed by atoms with Crippen molar-refractivity contribution in [2.45, 2.75) is 4.90 Å². The number of sulfonamides is 1. The lowest BCUT2D eigenvalue weighted by molar-refractivity contribution is 0.598. The summed E-state index contributed by atoms with van der Waals surface area (Å²) in [6.45, 7) is 0. The summed E-state index contributed by atoms with van der Waals surface area (Å²) in [4.78, 5) is 4.78. The van der Waals surface area contributed by atoms with E-state index in [1.54, 1.807) is 22.8 Å². The van der Waals surface area contributed by atoms with Gasteiger partial charge in [0.05, 0.1) is 33.7 Å². The molecule has 31 heavy (non-hydrogen) atoms. The number of H-pyrrole nitrogens is 1. The van der Waals surface area contributed by atoms with Crippen LogP contribution in [0, 0.1) is 0 Å². The summed E-state index contributed by atoms with van der Waals surface area (Å²) in [5.41, 5.74) is 5.04. The van der Waals surface area contributed by atoms with Gasteiger partial charge in [-0.15, -0.1) is 0 Å². The van der Waals surface area contributed by atoms with Gasteiger partial charge in [0.1, 0.15) is 0 Å². The first-order valence-electron chi connectivity index (χ1n) is 9.18. The zero-order chi connectivity index (χ0) is 21.6. The van der Waals surface area contributed by atoms with Crippen molar-refractivity contribution in [3.05, 3.63) is 78.1 Å². The molecule has 154 valence electrons. The monoisotopic (exact) mass is 450 g/mol. The maximum absolute atomic E-state index is 11.6. The lowest BCUT2D eigenvalue weighted by Gasteiger charge is -2.03. The number of benzene rings is 2. The second kappa shape index (κ2) is 7.31. The van der Waals surface area contributed by atoms with Gasteiger partial charge in [-0.05, 0) is 36.4 Å². The summed E-state index contributed by atoms with van der Waals surface area (Å²) < 4.78 is 25.0. The minimum absolute atomic E-state index is 0.0276. The summed E-state index contributed by atoms with van der Waals surface area (Å²) in [6.07, 6.45) is 3.54. The summed E-state index contributed by atoms with van der Waals surface area (Å²) >= 11 is 5.98. The van der Waals surface area contributed by atoms with Gasteiger partial charge in [0, 0.05) is 22.3 Å². The molecule has 0 saturated heterocycles. The zero-order valence-corrected chi connectivity index (χ0v) is 17.5. The Hall–Kier alpha value is -3.53. The van der Waals surface area contributed by atoms with Gasteiger partial charge in [-0.2, -0.15) is 10.2 Å². The van der Waals surface area contributed by atoms with E-state index < -0.39 is 10.0 Å². The van der Waals surface area contributed by atoms with Crippen molar-refractivity contribution in [1.82, 2.24) is 24.8 Å². The molecule has 0 aliphatic heterocycles. The molecule has 3 heterocycles. The van der Waals surface area contributed by atoms with Crippen molar-refractivity contribution in [2.75, 3.05) is 0 Å². The fourth-order valence-electron chi connectivity index (χ4n) is 3.28. The second-order valence-corrected chi connectivity index (χ2v) is 8.88. The van der Waals surface area contributed by atoms with E-state index in [2.05, 4.69) is 15.3 Å². The Labute approximate surface area is 182 Å². The second-order valence-electron chi connectivity index (χ2n) is 6.89. The third-order valence-electron chi connectivity index (χ3n) is 4.84. The van der Waals surface area contributed by atoms with Crippen molar-refractivity contribution < 1.29 is 8.42 Å². The highest BCUT2D eigenvalue weighted by molar-refractivity contribution is 7.89. The number of nitrogens with zero attached hydrogens (tertiary/aromatic N) is 4. The van der Waals surface area contributed by atoms with Gasteiger partial charge >= 0.3 is 0 Å². The third-order valence-corrected chi connectivity index (χ3v) is 6.00. The van der Waals surface area contributed by atoms with E-state index in [1.165, 1.54) is 12.1 Å². The fourth-order valence-corrected chi connectivity index (χ4v) is 3.97. The number of aromatic nitrogens is 5. The molecule has 0 unspecified atom stereocenters. The summed E-state index contributed by atoms with van der Waals surface area (Å²) in [5.74, 6) is 0. The topological polar surface area (TPSA) is 119 Å². The maximum Gasteiger partial charge on any atom is 0.238 e. The largest absolute Gasteiger partial charge is 0.277 e. The smallest absolute Gasteiger partial charge is 0.238 e. The molecule has 2 aromatic carbocycles. The molecule has 0 saturated carbocycles. The highest BCUT2D eigenvalue weighted by atomic mass is 35.5. The minimum atomic E-state index is -3.80. The molecule has 0 radical (unpaired) electrons. The van der Waals surface area contributed by atoms with Crippen LogP contribution in [0.2, 0.25) is 5.02 Å². The molecule has 0 aliphatic rings. The molecule has 8 nitrogen and oxygen atoms in total. The van der Waals surface area contributed by atoms with E-state index in [0.717, 1.165) is 16.8 Å². The molecular weight excluding hydrogens is 436 g/mol. The molecular formula is C21H15ClN6O2S. The van der Waals surface area contributed by atoms with Gasteiger partial charge < -0.3 is 0 Å². The quantitative estimate of drug-likeness (QED) is 0.432. The zero-order valence-electron chi connectivity index (χ0n) is 15.9. The summed E-state index contributed by atoms with van der Waals surface area (Å²) in [7, 11) is -3.80. The molecule has 0 bridgehead atoms. The first-order valence-corrected chi connectivity index (χ1v) is 11.1. The van der Waals surface area contributed by atoms with Crippen molar-refractivity contribution >= 4 is 27.3 Å². The van der Waals surface area contributed by atoms with Gasteiger partial charge in [-0.1, -0.05) is 35.9 Å². The molecule has 5 rings (SSSR count). The van der Waals surface area contributed by atoms with Crippen LogP contribution in [0.25, 0.3) is 39.4 Å². The highest BCUT2D eigenvalue weighted by Crippen LogP contribution is 2.28. The number of nitrogens with two attached hydrogens (primary N) is 1. The van der Waals surface area contributed by atoms with Gasteiger partial charge in [0.25, 0.3) is 0 Å². The Morgan fingerprint density at radius 1 is 0.968 bits per heavy atom. The standard InChI is InChI=1S/C21H15ClN6O2S/c22-15-6-4-13(5-7-15)18-8-9-28-21(25-18)17(12-24-28)20-11-19(26-27-20)14-2-1-3-16(10-14)31(23,29)30/h1-12H,(H,26,27)(H2,23,29,30). The fraction of sp³-hybridized carbons (Fsp3) is 0. The van der Waals surface area contributed by atoms with Crippen LogP contribution in [0.3, 0.4) is 0 Å². The van der Waals surface area contributed by atoms with E-state index in [-0.39, 0.29) is 4.90 Å². The Morgan fingerprint density at radius 3 is 2.55 bits per heavy atom. The molecule has 0 fully saturated rings. The van der Waals surface area contributed by atoms with Crippen molar-refractivity contribution in [1.29, 1.82) is 0 Å². The Morgan fingerprint density at radius 2 is 1.77 bits per heavy atom. The van der Waals surface area contributed by atoms with E-state index in [9.17, 15) is 8.42 Å². The van der Waals surface area contributed by atoms with Crippen LogP contribution < -0.4 is 5.14 Å². The van der Waals surface area contributed by atoms with Gasteiger partial charge in [-0.3, -0.25) is 5.10 Å². The van der Waals surface area contributed by atoms with Crippen LogP contribution >= 0.6 is 11.6 Å². The van der Waals surface area contributed by atoms with Crippen molar-refractivity contribution in [3.63, 3.8) is 0 Å². The normalized spacial score (nSPS) is 11.8. The Kier molecular flexibility index (Phi) is 4.58. The van der Waals surface area contributed by atoms with Crippen LogP contribution in [-0.4, -0.2) is 33.2 Å². The Bertz CT molecular complexity index is 1520. The molecule has 0 aliphatic carbocycles. The number of halogens is 1. The predicted molar refractivity (Wildman–Crippen MR) is 118 cm³/mol. The van der Waals surface area contributed by atoms with Gasteiger partial charge in [0.2, 0.25) is 10.0 Å². The Balaban J connectivity index is 1.56. The first-order chi connectivity index (χ1) is 14.9. The number of fused-ring (bicyclic) bond motifs is 1. The predicted octanol–water partition coefficient (Wildman–Crippen LogP) is 3.75. The number of rotatable bonds is 4. The molecule has 5 aromatic rings. The average molecular weight is 451 g/mol. The van der Waals surface area contributed by atoms with Crippen LogP contribution in [0.5, 0.6) is 0 Å². The molecule has 0 spiro atoms. The number of hydrogen-bond acceptors (Lipinski definition) is 5. The van der Waals surface area contributed by atoms with Crippen molar-refractivity contribution in [2.24, 2.45) is 5.14 Å². The van der Waals surface area contributed by atoms with E-state index in [1.807, 2.05) is 42.6 Å². The summed E-state index contributed by atoms with van der Waals surface area (Å²) in [6, 6.07) is 17.5. The summed E-state index contributed by atoms with van der Waals surface area (Å²) in [5, 5.41) is 17.6. The van der Waals surface area contributed by atoms with Gasteiger partial charge in [0.15, 0.2) is 5.65 Å². The number of primary sulfonamides is 1. The molecule has 0 atom stereocenters. The molecule has 10 heteroatoms. The van der Waals surface area contributed by atoms with E-state index in [0.29, 0.717) is 27.6 Å². The van der Waals surface area contributed by atoms with E-state index >= 15 is 0 Å². The van der Waals surface area contributed by atoms with E-state index in [4.69, 9.17) is 21.7 Å². The van der Waals surface area contributed by atoms with Gasteiger partial charge in [-0.25, -0.2) is 23.1 Å². The van der Waals surface area contributed by atoms with Crippen molar-refractivity contribution in [3.8, 4) is 33.8 Å². The molecule has 0 amide bonds. The molecule has 3 aromatic heterocycles. The maximum atomic E-state index is 11.6. The number of hydrogen-bond donors (Lipinski definition) is 2. The highest BCUT2D eigenvalue weighted by Gasteiger charge is 2.15. The lowest BCUT2D eigenvalue weighted by Crippen LogP contribution is -2.11. The molecule has 3 N–H and O–H groups in total. The minimum Gasteiger partial charge on any atom is -0.277 e. The lowest BCUT2D eigenvalue weighted by atomic mass is 10.1.